The van der Waals surface area contributed by atoms with Gasteiger partial charge < -0.3 is 14.6 Å². The molecule has 1 aromatic rings. The van der Waals surface area contributed by atoms with Crippen LogP contribution in [0.4, 0.5) is 0 Å². The maximum absolute atomic E-state index is 12.5. The Kier molecular flexibility index (Phi) is 5.59. The number of hydrogen-bond acceptors (Lipinski definition) is 3. The smallest absolute Gasteiger partial charge is 0.257 e. The van der Waals surface area contributed by atoms with E-state index < -0.39 is 0 Å². The van der Waals surface area contributed by atoms with Gasteiger partial charge in [-0.2, -0.15) is 0 Å². The van der Waals surface area contributed by atoms with Gasteiger partial charge in [0, 0.05) is 25.0 Å². The summed E-state index contributed by atoms with van der Waals surface area (Å²) >= 11 is 0. The van der Waals surface area contributed by atoms with Crippen LogP contribution in [0.2, 0.25) is 0 Å². The third kappa shape index (κ3) is 4.00. The van der Waals surface area contributed by atoms with Gasteiger partial charge in [0.1, 0.15) is 6.26 Å². The molecular formula is C19H28N2O3. The van der Waals surface area contributed by atoms with Crippen LogP contribution in [0.25, 0.3) is 0 Å². The Bertz CT molecular complexity index is 547. The molecule has 2 atom stereocenters. The minimum Gasteiger partial charge on any atom is -0.472 e. The maximum Gasteiger partial charge on any atom is 0.257 e. The maximum atomic E-state index is 12.5. The molecule has 2 amide bonds. The van der Waals surface area contributed by atoms with E-state index in [1.54, 1.807) is 6.07 Å². The second-order valence-corrected chi connectivity index (χ2v) is 7.22. The molecule has 2 unspecified atom stereocenters. The molecule has 5 heteroatoms. The molecule has 2 heterocycles. The first-order valence-corrected chi connectivity index (χ1v) is 9.29. The van der Waals surface area contributed by atoms with E-state index in [2.05, 4.69) is 12.2 Å². The van der Waals surface area contributed by atoms with Crippen LogP contribution < -0.4 is 5.32 Å². The first kappa shape index (κ1) is 17.1. The quantitative estimate of drug-likeness (QED) is 0.921. The summed E-state index contributed by atoms with van der Waals surface area (Å²) in [7, 11) is 0. The van der Waals surface area contributed by atoms with E-state index in [1.165, 1.54) is 31.8 Å². The molecule has 1 saturated heterocycles. The molecule has 24 heavy (non-hydrogen) atoms. The fraction of sp³-hybridized carbons (Fsp3) is 0.684. The first-order chi connectivity index (χ1) is 11.7. The van der Waals surface area contributed by atoms with Crippen LogP contribution in [0.1, 0.15) is 62.2 Å². The molecule has 1 aliphatic heterocycles. The number of piperidine rings is 1. The number of amides is 2. The van der Waals surface area contributed by atoms with Gasteiger partial charge in [0.15, 0.2) is 0 Å². The first-order valence-electron chi connectivity index (χ1n) is 9.29. The number of furan rings is 1. The topological polar surface area (TPSA) is 62.6 Å². The van der Waals surface area contributed by atoms with Gasteiger partial charge in [0.05, 0.1) is 11.8 Å². The highest BCUT2D eigenvalue weighted by Crippen LogP contribution is 2.27. The second-order valence-electron chi connectivity index (χ2n) is 7.22. The minimum absolute atomic E-state index is 0.000626. The largest absolute Gasteiger partial charge is 0.472 e. The second kappa shape index (κ2) is 7.86. The predicted octanol–water partition coefficient (Wildman–Crippen LogP) is 3.22. The molecule has 0 aromatic carbocycles. The Morgan fingerprint density at radius 3 is 2.71 bits per heavy atom. The molecule has 1 aromatic heterocycles. The summed E-state index contributed by atoms with van der Waals surface area (Å²) in [6.07, 6.45) is 10.5. The molecule has 5 nitrogen and oxygen atoms in total. The minimum atomic E-state index is 0.000626. The zero-order chi connectivity index (χ0) is 16.9. The molecule has 3 rings (SSSR count). The predicted molar refractivity (Wildman–Crippen MR) is 91.5 cm³/mol. The van der Waals surface area contributed by atoms with E-state index in [9.17, 15) is 9.59 Å². The fourth-order valence-electron chi connectivity index (χ4n) is 4.03. The van der Waals surface area contributed by atoms with Crippen LogP contribution in [-0.2, 0) is 4.79 Å². The van der Waals surface area contributed by atoms with E-state index in [0.29, 0.717) is 24.7 Å². The number of nitrogens with one attached hydrogen (secondary N) is 1. The van der Waals surface area contributed by atoms with E-state index in [1.807, 2.05) is 4.90 Å². The Hall–Kier alpha value is -1.78. The summed E-state index contributed by atoms with van der Waals surface area (Å²) in [5.74, 6) is 0.992. The lowest BCUT2D eigenvalue weighted by Crippen LogP contribution is -2.46. The Morgan fingerprint density at radius 2 is 2.04 bits per heavy atom. The van der Waals surface area contributed by atoms with Crippen molar-refractivity contribution in [2.75, 3.05) is 13.1 Å². The highest BCUT2D eigenvalue weighted by molar-refractivity contribution is 5.94. The number of nitrogens with zero attached hydrogens (tertiary/aromatic N) is 1. The molecule has 0 spiro atoms. The van der Waals surface area contributed by atoms with Gasteiger partial charge in [-0.25, -0.2) is 0 Å². The lowest BCUT2D eigenvalue weighted by atomic mass is 9.84. The average molecular weight is 332 g/mol. The number of carbonyl (C=O) groups excluding carboxylic acids is 2. The molecule has 1 N–H and O–H groups in total. The summed E-state index contributed by atoms with van der Waals surface area (Å²) in [5, 5.41) is 3.27. The summed E-state index contributed by atoms with van der Waals surface area (Å²) in [6, 6.07) is 2.04. The highest BCUT2D eigenvalue weighted by Gasteiger charge is 2.30. The Balaban J connectivity index is 1.46. The van der Waals surface area contributed by atoms with Crippen molar-refractivity contribution in [2.24, 2.45) is 11.8 Å². The Morgan fingerprint density at radius 1 is 1.25 bits per heavy atom. The van der Waals surface area contributed by atoms with Crippen LogP contribution in [0.5, 0.6) is 0 Å². The summed E-state index contributed by atoms with van der Waals surface area (Å²) < 4.78 is 4.98. The van der Waals surface area contributed by atoms with Gasteiger partial charge in [0.25, 0.3) is 5.91 Å². The summed E-state index contributed by atoms with van der Waals surface area (Å²) in [5.41, 5.74) is 0.589. The van der Waals surface area contributed by atoms with Gasteiger partial charge in [-0.1, -0.05) is 26.2 Å². The molecule has 2 fully saturated rings. The third-order valence-corrected chi connectivity index (χ3v) is 5.63. The van der Waals surface area contributed by atoms with Crippen LogP contribution in [0.3, 0.4) is 0 Å². The van der Waals surface area contributed by atoms with Crippen molar-refractivity contribution in [2.45, 2.75) is 57.9 Å². The van der Waals surface area contributed by atoms with Crippen molar-refractivity contribution in [1.82, 2.24) is 10.2 Å². The number of rotatable bonds is 4. The van der Waals surface area contributed by atoms with Gasteiger partial charge in [-0.05, 0) is 37.7 Å². The van der Waals surface area contributed by atoms with Crippen molar-refractivity contribution >= 4 is 11.8 Å². The molecule has 2 aliphatic rings. The zero-order valence-electron chi connectivity index (χ0n) is 14.5. The van der Waals surface area contributed by atoms with E-state index >= 15 is 0 Å². The standard InChI is InChI=1S/C19H28N2O3/c1-2-14-4-3-5-17(12-14)20-18(22)15-6-9-21(10-7-15)19(23)16-8-11-24-13-16/h8,11,13-15,17H,2-7,9-10,12H2,1H3,(H,20,22). The van der Waals surface area contributed by atoms with E-state index in [-0.39, 0.29) is 17.7 Å². The molecule has 0 bridgehead atoms. The number of likely N-dealkylation sites (tertiary alicyclic amines) is 1. The summed E-state index contributed by atoms with van der Waals surface area (Å²) in [6.45, 7) is 3.52. The lowest BCUT2D eigenvalue weighted by Gasteiger charge is -2.34. The third-order valence-electron chi connectivity index (χ3n) is 5.63. The summed E-state index contributed by atoms with van der Waals surface area (Å²) in [4.78, 5) is 26.6. The van der Waals surface area contributed by atoms with E-state index in [0.717, 1.165) is 31.6 Å². The highest BCUT2D eigenvalue weighted by atomic mass is 16.3. The SMILES string of the molecule is CCC1CCCC(NC(=O)C2CCN(C(=O)c3ccoc3)CC2)C1. The monoisotopic (exact) mass is 332 g/mol. The van der Waals surface area contributed by atoms with Gasteiger partial charge in [0.2, 0.25) is 5.91 Å². The number of carbonyl (C=O) groups is 2. The van der Waals surface area contributed by atoms with Crippen LogP contribution in [0, 0.1) is 11.8 Å². The number of hydrogen-bond donors (Lipinski definition) is 1. The van der Waals surface area contributed by atoms with Crippen molar-refractivity contribution < 1.29 is 14.0 Å². The van der Waals surface area contributed by atoms with Crippen molar-refractivity contribution in [3.8, 4) is 0 Å². The fourth-order valence-corrected chi connectivity index (χ4v) is 4.03. The van der Waals surface area contributed by atoms with Crippen molar-refractivity contribution in [1.29, 1.82) is 0 Å². The van der Waals surface area contributed by atoms with E-state index in [4.69, 9.17) is 4.42 Å². The van der Waals surface area contributed by atoms with Gasteiger partial charge in [-0.15, -0.1) is 0 Å². The molecule has 0 radical (unpaired) electrons. The van der Waals surface area contributed by atoms with Crippen LogP contribution in [0.15, 0.2) is 23.0 Å². The molecule has 1 saturated carbocycles. The molecule has 1 aliphatic carbocycles. The van der Waals surface area contributed by atoms with Crippen molar-refractivity contribution in [3.05, 3.63) is 24.2 Å². The molecular weight excluding hydrogens is 304 g/mol. The average Bonchev–Trinajstić information content (AvgIpc) is 3.16. The zero-order valence-corrected chi connectivity index (χ0v) is 14.5. The van der Waals surface area contributed by atoms with Gasteiger partial charge in [-0.3, -0.25) is 9.59 Å². The Labute approximate surface area is 143 Å². The normalized spacial score (nSPS) is 25.5. The van der Waals surface area contributed by atoms with Crippen LogP contribution in [-0.4, -0.2) is 35.8 Å². The molecule has 132 valence electrons. The van der Waals surface area contributed by atoms with Crippen LogP contribution >= 0.6 is 0 Å². The van der Waals surface area contributed by atoms with Crippen molar-refractivity contribution in [3.63, 3.8) is 0 Å². The van der Waals surface area contributed by atoms with Gasteiger partial charge >= 0.3 is 0 Å². The lowest BCUT2D eigenvalue weighted by molar-refractivity contribution is -0.127.